The second-order valence-electron chi connectivity index (χ2n) is 5.28. The molecule has 0 N–H and O–H groups in total. The van der Waals surface area contributed by atoms with Crippen LogP contribution in [0.15, 0.2) is 0 Å². The molecule has 0 amide bonds. The average Bonchev–Trinajstić information content (AvgIpc) is 2.54. The van der Waals surface area contributed by atoms with E-state index in [2.05, 4.69) is 44.4 Å². The highest BCUT2D eigenvalue weighted by Gasteiger charge is 2.31. The van der Waals surface area contributed by atoms with Gasteiger partial charge in [0.05, 0.1) is 0 Å². The van der Waals surface area contributed by atoms with Crippen molar-refractivity contribution in [3.63, 3.8) is 0 Å². The first-order chi connectivity index (χ1) is 6.49. The first-order valence-corrected chi connectivity index (χ1v) is 5.98. The van der Waals surface area contributed by atoms with Crippen molar-refractivity contribution in [2.24, 2.45) is 0 Å². The van der Waals surface area contributed by atoms with Crippen LogP contribution < -0.4 is 0 Å². The van der Waals surface area contributed by atoms with Gasteiger partial charge in [-0.05, 0) is 40.3 Å². The van der Waals surface area contributed by atoms with E-state index < -0.39 is 0 Å². The van der Waals surface area contributed by atoms with Gasteiger partial charge in [0, 0.05) is 24.7 Å². The number of hydrogen-bond acceptors (Lipinski definition) is 2. The Morgan fingerprint density at radius 3 is 2.14 bits per heavy atom. The van der Waals surface area contributed by atoms with Crippen LogP contribution >= 0.6 is 0 Å². The zero-order chi connectivity index (χ0) is 10.8. The molecule has 1 saturated heterocycles. The van der Waals surface area contributed by atoms with Gasteiger partial charge in [0.25, 0.3) is 0 Å². The molecule has 84 valence electrons. The van der Waals surface area contributed by atoms with Gasteiger partial charge >= 0.3 is 0 Å². The Morgan fingerprint density at radius 2 is 1.79 bits per heavy atom. The van der Waals surface area contributed by atoms with Gasteiger partial charge < -0.3 is 0 Å². The zero-order valence-electron chi connectivity index (χ0n) is 10.5. The lowest BCUT2D eigenvalue weighted by atomic mass is 10.1. The van der Waals surface area contributed by atoms with Crippen molar-refractivity contribution < 1.29 is 0 Å². The third-order valence-electron chi connectivity index (χ3n) is 3.44. The van der Waals surface area contributed by atoms with E-state index in [9.17, 15) is 0 Å². The van der Waals surface area contributed by atoms with Gasteiger partial charge in [0.1, 0.15) is 0 Å². The fourth-order valence-electron chi connectivity index (χ4n) is 2.39. The van der Waals surface area contributed by atoms with E-state index >= 15 is 0 Å². The normalized spacial score (nSPS) is 24.9. The summed E-state index contributed by atoms with van der Waals surface area (Å²) < 4.78 is 0. The second-order valence-corrected chi connectivity index (χ2v) is 5.28. The van der Waals surface area contributed by atoms with Crippen molar-refractivity contribution >= 4 is 0 Å². The molecule has 0 saturated carbocycles. The molecule has 14 heavy (non-hydrogen) atoms. The Labute approximate surface area is 89.3 Å². The lowest BCUT2D eigenvalue weighted by molar-refractivity contribution is 0.148. The molecule has 2 heteroatoms. The maximum Gasteiger partial charge on any atom is 0.0235 e. The molecule has 0 unspecified atom stereocenters. The van der Waals surface area contributed by atoms with Gasteiger partial charge in [-0.3, -0.25) is 9.80 Å². The topological polar surface area (TPSA) is 6.48 Å². The molecule has 0 aromatic carbocycles. The maximum absolute atomic E-state index is 2.61. The van der Waals surface area contributed by atoms with Crippen molar-refractivity contribution in [2.45, 2.75) is 52.6 Å². The average molecular weight is 198 g/mol. The predicted molar refractivity (Wildman–Crippen MR) is 62.7 cm³/mol. The third-order valence-corrected chi connectivity index (χ3v) is 3.44. The fourth-order valence-corrected chi connectivity index (χ4v) is 2.39. The summed E-state index contributed by atoms with van der Waals surface area (Å²) in [5.41, 5.74) is 0.349. The minimum atomic E-state index is 0.349. The van der Waals surface area contributed by atoms with Gasteiger partial charge in [0.2, 0.25) is 0 Å². The van der Waals surface area contributed by atoms with Crippen molar-refractivity contribution in [3.8, 4) is 0 Å². The minimum absolute atomic E-state index is 0.349. The molecule has 0 aliphatic carbocycles. The molecule has 0 bridgehead atoms. The summed E-state index contributed by atoms with van der Waals surface area (Å²) in [7, 11) is 0. The summed E-state index contributed by atoms with van der Waals surface area (Å²) >= 11 is 0. The fraction of sp³-hybridized carbons (Fsp3) is 1.00. The number of hydrogen-bond donors (Lipinski definition) is 0. The van der Waals surface area contributed by atoms with E-state index in [0.717, 1.165) is 6.04 Å². The van der Waals surface area contributed by atoms with Crippen LogP contribution in [-0.4, -0.2) is 47.6 Å². The van der Waals surface area contributed by atoms with E-state index in [1.165, 1.54) is 32.6 Å². The van der Waals surface area contributed by atoms with Crippen LogP contribution in [0.5, 0.6) is 0 Å². The standard InChI is InChI=1S/C12H26N2/c1-6-13(7-2)11-8-9-14(10-11)12(3,4)5/h11H,6-10H2,1-5H3/t11-/m1/s1. The molecule has 1 aliphatic heterocycles. The summed E-state index contributed by atoms with van der Waals surface area (Å²) in [4.78, 5) is 5.20. The Hall–Kier alpha value is -0.0800. The summed E-state index contributed by atoms with van der Waals surface area (Å²) in [5.74, 6) is 0. The van der Waals surface area contributed by atoms with Crippen molar-refractivity contribution in [3.05, 3.63) is 0 Å². The van der Waals surface area contributed by atoms with E-state index in [1.807, 2.05) is 0 Å². The quantitative estimate of drug-likeness (QED) is 0.686. The molecule has 0 radical (unpaired) electrons. The maximum atomic E-state index is 2.61. The van der Waals surface area contributed by atoms with E-state index in [4.69, 9.17) is 0 Å². The SMILES string of the molecule is CCN(CC)[C@@H]1CCN(C(C)(C)C)C1. The van der Waals surface area contributed by atoms with Crippen LogP contribution in [0.4, 0.5) is 0 Å². The summed E-state index contributed by atoms with van der Waals surface area (Å²) in [6.07, 6.45) is 1.35. The van der Waals surface area contributed by atoms with Crippen LogP contribution in [0.3, 0.4) is 0 Å². The van der Waals surface area contributed by atoms with Crippen LogP contribution in [0.1, 0.15) is 41.0 Å². The number of likely N-dealkylation sites (tertiary alicyclic amines) is 1. The van der Waals surface area contributed by atoms with Crippen molar-refractivity contribution in [1.82, 2.24) is 9.80 Å². The molecule has 0 aromatic rings. The molecular formula is C12H26N2. The van der Waals surface area contributed by atoms with Crippen molar-refractivity contribution in [2.75, 3.05) is 26.2 Å². The van der Waals surface area contributed by atoms with Gasteiger partial charge in [-0.15, -0.1) is 0 Å². The van der Waals surface area contributed by atoms with Gasteiger partial charge in [0.15, 0.2) is 0 Å². The number of likely N-dealkylation sites (N-methyl/N-ethyl adjacent to an activating group) is 1. The Morgan fingerprint density at radius 1 is 1.21 bits per heavy atom. The largest absolute Gasteiger partial charge is 0.300 e. The smallest absolute Gasteiger partial charge is 0.0235 e. The van der Waals surface area contributed by atoms with Gasteiger partial charge in [-0.1, -0.05) is 13.8 Å². The predicted octanol–water partition coefficient (Wildman–Crippen LogP) is 2.20. The van der Waals surface area contributed by atoms with E-state index in [-0.39, 0.29) is 0 Å². The first-order valence-electron chi connectivity index (χ1n) is 5.98. The molecule has 1 atom stereocenters. The third kappa shape index (κ3) is 2.71. The molecule has 2 nitrogen and oxygen atoms in total. The Kier molecular flexibility index (Phi) is 3.96. The first kappa shape index (κ1) is 12.0. The monoisotopic (exact) mass is 198 g/mol. The van der Waals surface area contributed by atoms with Crippen LogP contribution in [0, 0.1) is 0 Å². The van der Waals surface area contributed by atoms with Crippen molar-refractivity contribution in [1.29, 1.82) is 0 Å². The lowest BCUT2D eigenvalue weighted by Crippen LogP contribution is -2.43. The summed E-state index contributed by atoms with van der Waals surface area (Å²) in [6, 6.07) is 0.796. The zero-order valence-corrected chi connectivity index (χ0v) is 10.5. The van der Waals surface area contributed by atoms with Crippen LogP contribution in [-0.2, 0) is 0 Å². The van der Waals surface area contributed by atoms with E-state index in [1.54, 1.807) is 0 Å². The van der Waals surface area contributed by atoms with Crippen LogP contribution in [0.25, 0.3) is 0 Å². The Bertz CT molecular complexity index is 168. The van der Waals surface area contributed by atoms with E-state index in [0.29, 0.717) is 5.54 Å². The molecule has 1 heterocycles. The summed E-state index contributed by atoms with van der Waals surface area (Å²) in [6.45, 7) is 16.4. The lowest BCUT2D eigenvalue weighted by Gasteiger charge is -2.33. The molecule has 0 aromatic heterocycles. The minimum Gasteiger partial charge on any atom is -0.300 e. The number of nitrogens with zero attached hydrogens (tertiary/aromatic N) is 2. The second kappa shape index (κ2) is 4.63. The molecule has 1 aliphatic rings. The number of rotatable bonds is 3. The van der Waals surface area contributed by atoms with Crippen LogP contribution in [0.2, 0.25) is 0 Å². The highest BCUT2D eigenvalue weighted by Crippen LogP contribution is 2.23. The summed E-state index contributed by atoms with van der Waals surface area (Å²) in [5, 5.41) is 0. The van der Waals surface area contributed by atoms with Gasteiger partial charge in [-0.25, -0.2) is 0 Å². The molecule has 1 rings (SSSR count). The highest BCUT2D eigenvalue weighted by atomic mass is 15.3. The van der Waals surface area contributed by atoms with Gasteiger partial charge in [-0.2, -0.15) is 0 Å². The molecule has 1 fully saturated rings. The highest BCUT2D eigenvalue weighted by molar-refractivity contribution is 4.88. The Balaban J connectivity index is 2.48. The molecular weight excluding hydrogens is 172 g/mol. The molecule has 0 spiro atoms.